The Morgan fingerprint density at radius 3 is 1.89 bits per heavy atom. The lowest BCUT2D eigenvalue weighted by atomic mass is 10.1. The van der Waals surface area contributed by atoms with Crippen molar-refractivity contribution in [1.82, 2.24) is 0 Å². The van der Waals surface area contributed by atoms with Gasteiger partial charge in [0.1, 0.15) is 23.8 Å². The van der Waals surface area contributed by atoms with E-state index < -0.39 is 7.82 Å². The average molecular weight is 473 g/mol. The molecule has 152 valence electrons. The second-order valence-corrected chi connectivity index (χ2v) is 7.20. The smallest absolute Gasteiger partial charge is 0.203 e. The van der Waals surface area contributed by atoms with Crippen molar-refractivity contribution in [3.05, 3.63) is 39.9 Å². The van der Waals surface area contributed by atoms with E-state index in [0.29, 0.717) is 34.1 Å². The Kier molecular flexibility index (Phi) is 7.37. The molecular weight excluding hydrogens is 455 g/mol. The lowest BCUT2D eigenvalue weighted by Gasteiger charge is -2.30. The molecule has 0 saturated heterocycles. The summed E-state index contributed by atoms with van der Waals surface area (Å²) in [6.45, 7) is 0. The summed E-state index contributed by atoms with van der Waals surface area (Å²) in [5.74, 6) is 1.50. The predicted molar refractivity (Wildman–Crippen MR) is 104 cm³/mol. The minimum atomic E-state index is -5.28. The van der Waals surface area contributed by atoms with Gasteiger partial charge in [-0.15, -0.1) is 0 Å². The Bertz CT molecular complexity index is 897. The van der Waals surface area contributed by atoms with Gasteiger partial charge >= 0.3 is 0 Å². The molecule has 8 nitrogen and oxygen atoms in total. The molecule has 2 aromatic rings. The first-order chi connectivity index (χ1) is 13.2. The van der Waals surface area contributed by atoms with Crippen LogP contribution in [0.5, 0.6) is 28.7 Å². The molecular formula is C18H18BrO8P-2. The highest BCUT2D eigenvalue weighted by Crippen LogP contribution is 2.44. The molecule has 0 radical (unpaired) electrons. The maximum atomic E-state index is 11.1. The molecule has 0 aliphatic heterocycles. The van der Waals surface area contributed by atoms with Crippen LogP contribution >= 0.6 is 23.8 Å². The molecule has 2 rings (SSSR count). The summed E-state index contributed by atoms with van der Waals surface area (Å²) in [6, 6.07) is 6.58. The molecule has 0 aliphatic carbocycles. The SMILES string of the molecule is COc1ccc(/C=C\c2cc(OC)c(OC)c(OC)c2)c(OP(=O)([O-])[O-])c1Br. The Morgan fingerprint density at radius 1 is 0.857 bits per heavy atom. The summed E-state index contributed by atoms with van der Waals surface area (Å²) in [6.07, 6.45) is 3.25. The van der Waals surface area contributed by atoms with Gasteiger partial charge in [0.05, 0.1) is 28.4 Å². The molecule has 0 atom stereocenters. The maximum absolute atomic E-state index is 11.1. The van der Waals surface area contributed by atoms with E-state index in [4.69, 9.17) is 18.9 Å². The lowest BCUT2D eigenvalue weighted by molar-refractivity contribution is -0.333. The second kappa shape index (κ2) is 9.34. The Morgan fingerprint density at radius 2 is 1.43 bits per heavy atom. The lowest BCUT2D eigenvalue weighted by Crippen LogP contribution is -2.19. The zero-order chi connectivity index (χ0) is 20.9. The first-order valence-corrected chi connectivity index (χ1v) is 10.1. The average Bonchev–Trinajstić information content (AvgIpc) is 2.66. The van der Waals surface area contributed by atoms with E-state index in [1.165, 1.54) is 28.4 Å². The van der Waals surface area contributed by atoms with Crippen LogP contribution in [-0.2, 0) is 4.57 Å². The number of hydrogen-bond donors (Lipinski definition) is 0. The normalized spacial score (nSPS) is 11.4. The molecule has 0 unspecified atom stereocenters. The molecule has 0 amide bonds. The first-order valence-electron chi connectivity index (χ1n) is 7.80. The fourth-order valence-electron chi connectivity index (χ4n) is 2.43. The number of hydrogen-bond acceptors (Lipinski definition) is 8. The van der Waals surface area contributed by atoms with E-state index in [9.17, 15) is 14.4 Å². The predicted octanol–water partition coefficient (Wildman–Crippen LogP) is 2.86. The van der Waals surface area contributed by atoms with Gasteiger partial charge in [-0.2, -0.15) is 0 Å². The van der Waals surface area contributed by atoms with E-state index in [0.717, 1.165) is 0 Å². The van der Waals surface area contributed by atoms with Gasteiger partial charge in [-0.25, -0.2) is 0 Å². The highest BCUT2D eigenvalue weighted by Gasteiger charge is 2.15. The highest BCUT2D eigenvalue weighted by atomic mass is 79.9. The van der Waals surface area contributed by atoms with E-state index in [1.807, 2.05) is 0 Å². The molecule has 28 heavy (non-hydrogen) atoms. The van der Waals surface area contributed by atoms with Crippen LogP contribution in [0, 0.1) is 0 Å². The quantitative estimate of drug-likeness (QED) is 0.426. The second-order valence-electron chi connectivity index (χ2n) is 5.33. The van der Waals surface area contributed by atoms with Crippen molar-refractivity contribution in [3.8, 4) is 28.7 Å². The number of benzene rings is 2. The molecule has 2 aromatic carbocycles. The molecule has 0 aliphatic rings. The maximum Gasteiger partial charge on any atom is 0.203 e. The van der Waals surface area contributed by atoms with Crippen molar-refractivity contribution in [2.75, 3.05) is 28.4 Å². The summed E-state index contributed by atoms with van der Waals surface area (Å²) < 4.78 is 36.9. The van der Waals surface area contributed by atoms with Crippen LogP contribution in [0.4, 0.5) is 0 Å². The monoisotopic (exact) mass is 472 g/mol. The summed E-state index contributed by atoms with van der Waals surface area (Å²) in [7, 11) is 0.620. The van der Waals surface area contributed by atoms with Crippen molar-refractivity contribution < 1.29 is 37.8 Å². The van der Waals surface area contributed by atoms with E-state index in [2.05, 4.69) is 20.5 Å². The largest absolute Gasteiger partial charge is 0.780 e. The number of methoxy groups -OCH3 is 4. The zero-order valence-corrected chi connectivity index (χ0v) is 18.0. The molecule has 0 spiro atoms. The third-order valence-corrected chi connectivity index (χ3v) is 4.81. The van der Waals surface area contributed by atoms with Crippen LogP contribution in [-0.4, -0.2) is 28.4 Å². The highest BCUT2D eigenvalue weighted by molar-refractivity contribution is 9.10. The fraction of sp³-hybridized carbons (Fsp3) is 0.222. The molecule has 10 heteroatoms. The standard InChI is InChI=1S/C18H20BrO8P/c1-23-13-8-7-12(17(16(13)19)27-28(20,21)22)6-5-11-9-14(24-2)18(26-4)15(10-11)25-3/h5-10H,1-4H3,(H2,20,21,22)/p-2/b6-5-. The van der Waals surface area contributed by atoms with E-state index in [-0.39, 0.29) is 10.2 Å². The Labute approximate surface area is 171 Å². The van der Waals surface area contributed by atoms with E-state index in [1.54, 1.807) is 36.4 Å². The molecule has 0 aromatic heterocycles. The number of ether oxygens (including phenoxy) is 4. The Balaban J connectivity index is 2.52. The van der Waals surface area contributed by atoms with E-state index >= 15 is 0 Å². The molecule has 0 bridgehead atoms. The third-order valence-electron chi connectivity index (χ3n) is 3.66. The summed E-state index contributed by atoms with van der Waals surface area (Å²) >= 11 is 3.20. The number of phosphoric ester groups is 1. The number of phosphoric acid groups is 1. The van der Waals surface area contributed by atoms with Crippen molar-refractivity contribution >= 4 is 35.9 Å². The molecule has 0 fully saturated rings. The molecule has 0 heterocycles. The minimum Gasteiger partial charge on any atom is -0.780 e. The van der Waals surface area contributed by atoms with Crippen LogP contribution in [0.1, 0.15) is 11.1 Å². The first kappa shape index (κ1) is 22.1. The van der Waals surface area contributed by atoms with Crippen molar-refractivity contribution in [3.63, 3.8) is 0 Å². The number of halogens is 1. The van der Waals surface area contributed by atoms with Gasteiger partial charge in [0, 0.05) is 5.56 Å². The van der Waals surface area contributed by atoms with Crippen LogP contribution < -0.4 is 33.3 Å². The van der Waals surface area contributed by atoms with Crippen LogP contribution in [0.15, 0.2) is 28.7 Å². The number of rotatable bonds is 8. The van der Waals surface area contributed by atoms with Gasteiger partial charge in [0.25, 0.3) is 0 Å². The van der Waals surface area contributed by atoms with Crippen LogP contribution in [0.25, 0.3) is 12.2 Å². The van der Waals surface area contributed by atoms with Gasteiger partial charge in [-0.1, -0.05) is 12.2 Å². The fourth-order valence-corrected chi connectivity index (χ4v) is 3.58. The van der Waals surface area contributed by atoms with Crippen molar-refractivity contribution in [1.29, 1.82) is 0 Å². The van der Waals surface area contributed by atoms with Gasteiger partial charge in [-0.3, -0.25) is 0 Å². The summed E-state index contributed by atoms with van der Waals surface area (Å²) in [5.41, 5.74) is 1.02. The van der Waals surface area contributed by atoms with Crippen molar-refractivity contribution in [2.24, 2.45) is 0 Å². The summed E-state index contributed by atoms with van der Waals surface area (Å²) in [4.78, 5) is 22.3. The zero-order valence-electron chi connectivity index (χ0n) is 15.6. The van der Waals surface area contributed by atoms with Crippen molar-refractivity contribution in [2.45, 2.75) is 0 Å². The minimum absolute atomic E-state index is 0.170. The topological polar surface area (TPSA) is 109 Å². The van der Waals surface area contributed by atoms with Gasteiger partial charge in [-0.05, 0) is 45.8 Å². The third kappa shape index (κ3) is 5.20. The molecule has 0 saturated carbocycles. The van der Waals surface area contributed by atoms with Gasteiger partial charge in [0.2, 0.25) is 5.75 Å². The van der Waals surface area contributed by atoms with Gasteiger partial charge < -0.3 is 37.8 Å². The van der Waals surface area contributed by atoms with Gasteiger partial charge in [0.15, 0.2) is 11.5 Å². The van der Waals surface area contributed by atoms with Crippen LogP contribution in [0.2, 0.25) is 0 Å². The molecule has 0 N–H and O–H groups in total. The Hall–Kier alpha value is -2.19. The summed E-state index contributed by atoms with van der Waals surface area (Å²) in [5, 5.41) is 0. The van der Waals surface area contributed by atoms with Crippen LogP contribution in [0.3, 0.4) is 0 Å².